The number of hydrogen-bond acceptors (Lipinski definition) is 2. The number of aryl methyl sites for hydroxylation is 1. The first-order valence-corrected chi connectivity index (χ1v) is 7.18. The first-order chi connectivity index (χ1) is 10.6. The molecule has 0 bridgehead atoms. The van der Waals surface area contributed by atoms with Crippen LogP contribution >= 0.6 is 0 Å². The first-order valence-electron chi connectivity index (χ1n) is 7.18. The van der Waals surface area contributed by atoms with Gasteiger partial charge in [-0.15, -0.1) is 0 Å². The van der Waals surface area contributed by atoms with Gasteiger partial charge in [0.05, 0.1) is 6.42 Å². The topological polar surface area (TPSA) is 57.6 Å². The number of rotatable bonds is 6. The van der Waals surface area contributed by atoms with Crippen LogP contribution in [0.25, 0.3) is 0 Å². The van der Waals surface area contributed by atoms with Crippen molar-refractivity contribution in [3.63, 3.8) is 0 Å². The van der Waals surface area contributed by atoms with Crippen LogP contribution in [0, 0.1) is 6.92 Å². The highest BCUT2D eigenvalue weighted by Crippen LogP contribution is 2.14. The van der Waals surface area contributed by atoms with Crippen molar-refractivity contribution in [2.45, 2.75) is 19.9 Å². The minimum atomic E-state index is -0.907. The molecule has 2 aromatic carbocycles. The molecule has 0 heterocycles. The molecule has 0 unspecified atom stereocenters. The molecule has 0 aliphatic heterocycles. The summed E-state index contributed by atoms with van der Waals surface area (Å²) in [5.41, 5.74) is 2.49. The number of benzene rings is 2. The molecule has 4 heteroatoms. The zero-order chi connectivity index (χ0) is 15.9. The van der Waals surface area contributed by atoms with Gasteiger partial charge in [-0.3, -0.25) is 9.59 Å². The highest BCUT2D eigenvalue weighted by Gasteiger charge is 2.18. The molecule has 2 aromatic rings. The standard InChI is InChI=1S/C18H19NO3/c1-14-7-5-6-10-16(14)18(22)19(12-11-17(20)21)13-15-8-3-2-4-9-15/h2-10H,11-13H2,1H3,(H,20,21). The van der Waals surface area contributed by atoms with Gasteiger partial charge in [0, 0.05) is 18.7 Å². The van der Waals surface area contributed by atoms with Crippen molar-refractivity contribution in [3.05, 3.63) is 71.3 Å². The highest BCUT2D eigenvalue weighted by molar-refractivity contribution is 5.95. The van der Waals surface area contributed by atoms with E-state index in [4.69, 9.17) is 5.11 Å². The molecule has 0 aromatic heterocycles. The predicted molar refractivity (Wildman–Crippen MR) is 84.6 cm³/mol. The Morgan fingerprint density at radius 1 is 1.00 bits per heavy atom. The van der Waals surface area contributed by atoms with Crippen LogP contribution in [0.15, 0.2) is 54.6 Å². The molecule has 0 aliphatic carbocycles. The maximum absolute atomic E-state index is 12.7. The number of carbonyl (C=O) groups is 2. The summed E-state index contributed by atoms with van der Waals surface area (Å²) in [6.07, 6.45) is -0.0650. The second-order valence-electron chi connectivity index (χ2n) is 5.17. The van der Waals surface area contributed by atoms with Gasteiger partial charge >= 0.3 is 5.97 Å². The van der Waals surface area contributed by atoms with Gasteiger partial charge in [0.2, 0.25) is 0 Å². The molecule has 0 aliphatic rings. The Morgan fingerprint density at radius 3 is 2.27 bits per heavy atom. The minimum absolute atomic E-state index is 0.0650. The molecule has 1 N–H and O–H groups in total. The SMILES string of the molecule is Cc1ccccc1C(=O)N(CCC(=O)O)Cc1ccccc1. The summed E-state index contributed by atoms with van der Waals surface area (Å²) >= 11 is 0. The third-order valence-corrected chi connectivity index (χ3v) is 3.47. The van der Waals surface area contributed by atoms with E-state index in [1.54, 1.807) is 11.0 Å². The van der Waals surface area contributed by atoms with Gasteiger partial charge in [-0.05, 0) is 24.1 Å². The van der Waals surface area contributed by atoms with Crippen molar-refractivity contribution in [1.29, 1.82) is 0 Å². The molecular formula is C18H19NO3. The fraction of sp³-hybridized carbons (Fsp3) is 0.222. The molecule has 0 radical (unpaired) electrons. The minimum Gasteiger partial charge on any atom is -0.481 e. The van der Waals surface area contributed by atoms with E-state index in [2.05, 4.69) is 0 Å². The van der Waals surface area contributed by atoms with Crippen LogP contribution in [0.3, 0.4) is 0 Å². The number of carboxylic acid groups (broad SMARTS) is 1. The zero-order valence-corrected chi connectivity index (χ0v) is 12.5. The molecule has 0 spiro atoms. The van der Waals surface area contributed by atoms with E-state index in [0.29, 0.717) is 12.1 Å². The average Bonchev–Trinajstić information content (AvgIpc) is 2.52. The van der Waals surface area contributed by atoms with E-state index in [0.717, 1.165) is 11.1 Å². The van der Waals surface area contributed by atoms with E-state index in [1.165, 1.54) is 0 Å². The molecule has 4 nitrogen and oxygen atoms in total. The van der Waals surface area contributed by atoms with Gasteiger partial charge < -0.3 is 10.0 Å². The van der Waals surface area contributed by atoms with Gasteiger partial charge in [-0.2, -0.15) is 0 Å². The quantitative estimate of drug-likeness (QED) is 0.891. The van der Waals surface area contributed by atoms with Crippen LogP contribution in [0.4, 0.5) is 0 Å². The number of carboxylic acids is 1. The Hall–Kier alpha value is -2.62. The maximum Gasteiger partial charge on any atom is 0.305 e. The van der Waals surface area contributed by atoms with E-state index in [9.17, 15) is 9.59 Å². The largest absolute Gasteiger partial charge is 0.481 e. The van der Waals surface area contributed by atoms with Crippen LogP contribution in [-0.2, 0) is 11.3 Å². The molecule has 0 fully saturated rings. The van der Waals surface area contributed by atoms with Gasteiger partial charge in [0.25, 0.3) is 5.91 Å². The second kappa shape index (κ2) is 7.41. The van der Waals surface area contributed by atoms with Gasteiger partial charge in [0.1, 0.15) is 0 Å². The number of aliphatic carboxylic acids is 1. The number of nitrogens with zero attached hydrogens (tertiary/aromatic N) is 1. The lowest BCUT2D eigenvalue weighted by atomic mass is 10.1. The normalized spacial score (nSPS) is 10.2. The van der Waals surface area contributed by atoms with Crippen molar-refractivity contribution >= 4 is 11.9 Å². The summed E-state index contributed by atoms with van der Waals surface area (Å²) in [4.78, 5) is 25.1. The number of carbonyl (C=O) groups excluding carboxylic acids is 1. The van der Waals surface area contributed by atoms with E-state index >= 15 is 0 Å². The van der Waals surface area contributed by atoms with Crippen LogP contribution in [0.2, 0.25) is 0 Å². The van der Waals surface area contributed by atoms with Crippen molar-refractivity contribution in [1.82, 2.24) is 4.90 Å². The summed E-state index contributed by atoms with van der Waals surface area (Å²) in [7, 11) is 0. The molecule has 2 rings (SSSR count). The van der Waals surface area contributed by atoms with Gasteiger partial charge in [0.15, 0.2) is 0 Å². The van der Waals surface area contributed by atoms with Gasteiger partial charge in [-0.25, -0.2) is 0 Å². The molecule has 0 atom stereocenters. The van der Waals surface area contributed by atoms with Crippen LogP contribution in [0.5, 0.6) is 0 Å². The molecule has 1 amide bonds. The molecule has 0 saturated carbocycles. The Morgan fingerprint density at radius 2 is 1.64 bits per heavy atom. The fourth-order valence-corrected chi connectivity index (χ4v) is 2.27. The molecule has 114 valence electrons. The summed E-state index contributed by atoms with van der Waals surface area (Å²) in [6, 6.07) is 16.9. The average molecular weight is 297 g/mol. The fourth-order valence-electron chi connectivity index (χ4n) is 2.27. The molecular weight excluding hydrogens is 278 g/mol. The summed E-state index contributed by atoms with van der Waals surface area (Å²) in [5.74, 6) is -1.04. The third kappa shape index (κ3) is 4.19. The Balaban J connectivity index is 2.21. The third-order valence-electron chi connectivity index (χ3n) is 3.47. The van der Waals surface area contributed by atoms with Crippen LogP contribution in [-0.4, -0.2) is 28.4 Å². The highest BCUT2D eigenvalue weighted by atomic mass is 16.4. The van der Waals surface area contributed by atoms with Crippen molar-refractivity contribution in [3.8, 4) is 0 Å². The van der Waals surface area contributed by atoms with E-state index in [-0.39, 0.29) is 18.9 Å². The lowest BCUT2D eigenvalue weighted by Gasteiger charge is -2.23. The Kier molecular flexibility index (Phi) is 5.31. The summed E-state index contributed by atoms with van der Waals surface area (Å²) in [5, 5.41) is 8.90. The monoisotopic (exact) mass is 297 g/mol. The van der Waals surface area contributed by atoms with Gasteiger partial charge in [-0.1, -0.05) is 48.5 Å². The Labute approximate surface area is 130 Å². The first kappa shape index (κ1) is 15.8. The van der Waals surface area contributed by atoms with Crippen molar-refractivity contribution in [2.75, 3.05) is 6.54 Å². The van der Waals surface area contributed by atoms with Crippen LogP contribution in [0.1, 0.15) is 27.9 Å². The summed E-state index contributed by atoms with van der Waals surface area (Å²) < 4.78 is 0. The van der Waals surface area contributed by atoms with Crippen LogP contribution < -0.4 is 0 Å². The second-order valence-corrected chi connectivity index (χ2v) is 5.17. The van der Waals surface area contributed by atoms with Crippen molar-refractivity contribution < 1.29 is 14.7 Å². The Bertz CT molecular complexity index is 652. The van der Waals surface area contributed by atoms with Crippen molar-refractivity contribution in [2.24, 2.45) is 0 Å². The smallest absolute Gasteiger partial charge is 0.305 e. The van der Waals surface area contributed by atoms with E-state index in [1.807, 2.05) is 55.5 Å². The number of amides is 1. The predicted octanol–water partition coefficient (Wildman–Crippen LogP) is 3.11. The lowest BCUT2D eigenvalue weighted by molar-refractivity contribution is -0.137. The zero-order valence-electron chi connectivity index (χ0n) is 12.5. The number of hydrogen-bond donors (Lipinski definition) is 1. The molecule has 0 saturated heterocycles. The molecule has 22 heavy (non-hydrogen) atoms. The summed E-state index contributed by atoms with van der Waals surface area (Å²) in [6.45, 7) is 2.48. The maximum atomic E-state index is 12.7. The lowest BCUT2D eigenvalue weighted by Crippen LogP contribution is -2.33. The van der Waals surface area contributed by atoms with E-state index < -0.39 is 5.97 Å².